The van der Waals surface area contributed by atoms with E-state index in [2.05, 4.69) is 20.5 Å². The molecule has 2 aromatic rings. The van der Waals surface area contributed by atoms with Crippen molar-refractivity contribution in [3.05, 3.63) is 30.1 Å². The smallest absolute Gasteiger partial charge is 0.227 e. The zero-order chi connectivity index (χ0) is 16.5. The standard InChI is InChI=1S/C18H23N5O/c19-14-5-1-4-13(9-14)18(24)20-15-6-2-3-12(10-15)17-21-16(22-23-17)11-7-8-11/h2-3,6,10-11,13-14H,1,4-5,7-9,19H2,(H,20,24)(H,21,22,23). The van der Waals surface area contributed by atoms with Gasteiger partial charge in [0.25, 0.3) is 0 Å². The molecule has 0 aliphatic heterocycles. The van der Waals surface area contributed by atoms with Crippen LogP contribution in [0.1, 0.15) is 50.3 Å². The van der Waals surface area contributed by atoms with Crippen molar-refractivity contribution >= 4 is 11.6 Å². The summed E-state index contributed by atoms with van der Waals surface area (Å²) < 4.78 is 0. The van der Waals surface area contributed by atoms with Gasteiger partial charge >= 0.3 is 0 Å². The van der Waals surface area contributed by atoms with Crippen LogP contribution in [-0.2, 0) is 4.79 Å². The van der Waals surface area contributed by atoms with E-state index in [0.717, 1.165) is 42.8 Å². The van der Waals surface area contributed by atoms with E-state index in [0.29, 0.717) is 11.7 Å². The van der Waals surface area contributed by atoms with Gasteiger partial charge in [0.2, 0.25) is 5.91 Å². The summed E-state index contributed by atoms with van der Waals surface area (Å²) >= 11 is 0. The first-order valence-electron chi connectivity index (χ1n) is 8.78. The SMILES string of the molecule is NC1CCCC(C(=O)Nc2cccc(-c3n[nH]c(C4CC4)n3)c2)C1. The lowest BCUT2D eigenvalue weighted by molar-refractivity contribution is -0.120. The molecule has 0 spiro atoms. The van der Waals surface area contributed by atoms with Crippen molar-refractivity contribution < 1.29 is 4.79 Å². The lowest BCUT2D eigenvalue weighted by atomic mass is 9.85. The highest BCUT2D eigenvalue weighted by Crippen LogP contribution is 2.38. The van der Waals surface area contributed by atoms with E-state index < -0.39 is 0 Å². The number of hydrogen-bond donors (Lipinski definition) is 3. The molecule has 4 rings (SSSR count). The number of benzene rings is 1. The van der Waals surface area contributed by atoms with E-state index in [-0.39, 0.29) is 17.9 Å². The van der Waals surface area contributed by atoms with Gasteiger partial charge in [0.15, 0.2) is 5.82 Å². The molecule has 126 valence electrons. The van der Waals surface area contributed by atoms with Crippen LogP contribution in [0.5, 0.6) is 0 Å². The Bertz CT molecular complexity index is 737. The second-order valence-electron chi connectivity index (χ2n) is 7.01. The van der Waals surface area contributed by atoms with Crippen LogP contribution in [-0.4, -0.2) is 27.1 Å². The lowest BCUT2D eigenvalue weighted by Gasteiger charge is -2.25. The Morgan fingerprint density at radius 3 is 2.92 bits per heavy atom. The zero-order valence-electron chi connectivity index (χ0n) is 13.7. The Labute approximate surface area is 141 Å². The maximum Gasteiger partial charge on any atom is 0.227 e. The number of aromatic amines is 1. The first kappa shape index (κ1) is 15.3. The molecule has 24 heavy (non-hydrogen) atoms. The highest BCUT2D eigenvalue weighted by molar-refractivity contribution is 5.93. The van der Waals surface area contributed by atoms with Crippen molar-refractivity contribution in [2.45, 2.75) is 50.5 Å². The average molecular weight is 325 g/mol. The van der Waals surface area contributed by atoms with Crippen LogP contribution < -0.4 is 11.1 Å². The van der Waals surface area contributed by atoms with Gasteiger partial charge in [-0.25, -0.2) is 4.98 Å². The summed E-state index contributed by atoms with van der Waals surface area (Å²) in [4.78, 5) is 17.0. The van der Waals surface area contributed by atoms with Crippen molar-refractivity contribution in [1.82, 2.24) is 15.2 Å². The molecule has 2 fully saturated rings. The van der Waals surface area contributed by atoms with Gasteiger partial charge in [-0.15, -0.1) is 0 Å². The maximum atomic E-state index is 12.5. The first-order valence-corrected chi connectivity index (χ1v) is 8.78. The first-order chi connectivity index (χ1) is 11.7. The molecule has 0 radical (unpaired) electrons. The fourth-order valence-electron chi connectivity index (χ4n) is 3.39. The fourth-order valence-corrected chi connectivity index (χ4v) is 3.39. The minimum absolute atomic E-state index is 0.0161. The highest BCUT2D eigenvalue weighted by atomic mass is 16.1. The summed E-state index contributed by atoms with van der Waals surface area (Å²) in [6, 6.07) is 7.87. The van der Waals surface area contributed by atoms with Gasteiger partial charge in [0, 0.05) is 29.1 Å². The van der Waals surface area contributed by atoms with Crippen molar-refractivity contribution in [3.8, 4) is 11.4 Å². The number of carbonyl (C=O) groups excluding carboxylic acids is 1. The minimum Gasteiger partial charge on any atom is -0.328 e. The van der Waals surface area contributed by atoms with Gasteiger partial charge in [-0.1, -0.05) is 18.6 Å². The molecule has 6 heteroatoms. The third kappa shape index (κ3) is 3.33. The summed E-state index contributed by atoms with van der Waals surface area (Å²) in [5.74, 6) is 2.28. The lowest BCUT2D eigenvalue weighted by Crippen LogP contribution is -2.34. The molecule has 1 aromatic heterocycles. The highest BCUT2D eigenvalue weighted by Gasteiger charge is 2.27. The Kier molecular flexibility index (Phi) is 4.06. The van der Waals surface area contributed by atoms with Crippen LogP contribution in [0.25, 0.3) is 11.4 Å². The molecule has 6 nitrogen and oxygen atoms in total. The molecule has 2 aliphatic carbocycles. The molecule has 1 aromatic carbocycles. The maximum absolute atomic E-state index is 12.5. The number of H-pyrrole nitrogens is 1. The Hall–Kier alpha value is -2.21. The van der Waals surface area contributed by atoms with E-state index in [1.807, 2.05) is 24.3 Å². The second-order valence-corrected chi connectivity index (χ2v) is 7.01. The monoisotopic (exact) mass is 325 g/mol. The third-order valence-electron chi connectivity index (χ3n) is 4.94. The van der Waals surface area contributed by atoms with E-state index in [1.54, 1.807) is 0 Å². The van der Waals surface area contributed by atoms with Gasteiger partial charge < -0.3 is 11.1 Å². The number of hydrogen-bond acceptors (Lipinski definition) is 4. The molecular formula is C18H23N5O. The summed E-state index contributed by atoms with van der Waals surface area (Å²) in [5.41, 5.74) is 7.69. The summed E-state index contributed by atoms with van der Waals surface area (Å²) in [7, 11) is 0. The number of rotatable bonds is 4. The number of amides is 1. The van der Waals surface area contributed by atoms with Crippen LogP contribution in [0.3, 0.4) is 0 Å². The van der Waals surface area contributed by atoms with Gasteiger partial charge in [-0.3, -0.25) is 9.89 Å². The Morgan fingerprint density at radius 1 is 1.25 bits per heavy atom. The molecule has 1 heterocycles. The molecule has 2 atom stereocenters. The molecule has 0 bridgehead atoms. The topological polar surface area (TPSA) is 96.7 Å². The molecule has 0 saturated heterocycles. The molecular weight excluding hydrogens is 302 g/mol. The number of aromatic nitrogens is 3. The number of nitrogens with one attached hydrogen (secondary N) is 2. The minimum atomic E-state index is 0.0161. The summed E-state index contributed by atoms with van der Waals surface area (Å²) in [6.45, 7) is 0. The van der Waals surface area contributed by atoms with E-state index in [4.69, 9.17) is 5.73 Å². The van der Waals surface area contributed by atoms with E-state index in [1.165, 1.54) is 12.8 Å². The molecule has 4 N–H and O–H groups in total. The van der Waals surface area contributed by atoms with Crippen molar-refractivity contribution in [3.63, 3.8) is 0 Å². The average Bonchev–Trinajstić information content (AvgIpc) is 3.32. The fraction of sp³-hybridized carbons (Fsp3) is 0.500. The van der Waals surface area contributed by atoms with Crippen LogP contribution in [0, 0.1) is 5.92 Å². The van der Waals surface area contributed by atoms with Crippen LogP contribution >= 0.6 is 0 Å². The number of anilines is 1. The van der Waals surface area contributed by atoms with Crippen molar-refractivity contribution in [1.29, 1.82) is 0 Å². The predicted octanol–water partition coefficient (Wildman–Crippen LogP) is 2.81. The second kappa shape index (κ2) is 6.36. The van der Waals surface area contributed by atoms with Crippen LogP contribution in [0.4, 0.5) is 5.69 Å². The predicted molar refractivity (Wildman–Crippen MR) is 92.4 cm³/mol. The third-order valence-corrected chi connectivity index (χ3v) is 4.94. The zero-order valence-corrected chi connectivity index (χ0v) is 13.7. The summed E-state index contributed by atoms with van der Waals surface area (Å²) in [6.07, 6.45) is 6.12. The largest absolute Gasteiger partial charge is 0.328 e. The van der Waals surface area contributed by atoms with Gasteiger partial charge in [-0.05, 0) is 44.2 Å². The number of carbonyl (C=O) groups is 1. The number of nitrogens with two attached hydrogens (primary N) is 1. The molecule has 2 aliphatic rings. The van der Waals surface area contributed by atoms with Crippen molar-refractivity contribution in [2.24, 2.45) is 11.7 Å². The van der Waals surface area contributed by atoms with Crippen molar-refractivity contribution in [2.75, 3.05) is 5.32 Å². The molecule has 2 unspecified atom stereocenters. The van der Waals surface area contributed by atoms with Gasteiger partial charge in [-0.2, -0.15) is 5.10 Å². The van der Waals surface area contributed by atoms with Crippen LogP contribution in [0.2, 0.25) is 0 Å². The van der Waals surface area contributed by atoms with Crippen LogP contribution in [0.15, 0.2) is 24.3 Å². The Balaban J connectivity index is 1.46. The molecule has 2 saturated carbocycles. The van der Waals surface area contributed by atoms with E-state index >= 15 is 0 Å². The quantitative estimate of drug-likeness (QED) is 0.805. The van der Waals surface area contributed by atoms with E-state index in [9.17, 15) is 4.79 Å². The number of nitrogens with zero attached hydrogens (tertiary/aromatic N) is 2. The Morgan fingerprint density at radius 2 is 2.12 bits per heavy atom. The van der Waals surface area contributed by atoms with Gasteiger partial charge in [0.1, 0.15) is 5.82 Å². The molecule has 1 amide bonds. The summed E-state index contributed by atoms with van der Waals surface area (Å²) in [5, 5.41) is 10.3. The van der Waals surface area contributed by atoms with Gasteiger partial charge in [0.05, 0.1) is 0 Å². The normalized spacial score (nSPS) is 23.9.